The average molecular weight is 1100 g/mol. The number of nitrogens with two attached hydrogens (primary N) is 1. The number of ether oxygens (including phenoxy) is 1. The maximum atomic E-state index is 14.2. The van der Waals surface area contributed by atoms with Gasteiger partial charge in [0.2, 0.25) is 53.2 Å². The number of rotatable bonds is 34. The first-order valence-electron chi connectivity index (χ1n) is 26.5. The van der Waals surface area contributed by atoms with E-state index in [0.717, 1.165) is 0 Å². The summed E-state index contributed by atoms with van der Waals surface area (Å²) in [4.78, 5) is 134. The standard InChI is InChI=1S/C53H86N14O11/c1-29(2)27-39(43(54)69)60-46(71)37(19-16-18-26-56-51(76)44-64-66-67(65-44)35-21-23-36(78-14)24-22-35)59-50(75)42(32(7)8)62-52(77)53(12,13)63-48(73)40(28-30(3)4)61-47(72)38(20-15-17-25-55-45(70)33(9)10)58-49(74)41(31(5)6)57-34(11)68/h21-24,29-32,37-42H,9,15-20,25-28H2,1-8,10-14H3,(H2,54,69)(H,55,70)(H,56,76)(H,57,68)(H,58,74)(H,59,75)(H,60,71)(H,61,72)(H,62,77)(H,63,73)/t37-,38-,39-,40-,41-,42-/m0/s1. The smallest absolute Gasteiger partial charge is 0.292 e. The molecule has 1 aromatic carbocycles. The van der Waals surface area contributed by atoms with E-state index in [9.17, 15) is 47.9 Å². The number of tetrazole rings is 1. The summed E-state index contributed by atoms with van der Waals surface area (Å²) in [6, 6.07) is -0.0571. The first-order valence-corrected chi connectivity index (χ1v) is 26.5. The summed E-state index contributed by atoms with van der Waals surface area (Å²) in [5.41, 5.74) is 4.83. The topological polar surface area (TPSA) is 358 Å². The molecule has 0 fully saturated rings. The molecule has 1 aromatic heterocycles. The van der Waals surface area contributed by atoms with Crippen molar-refractivity contribution < 1.29 is 52.7 Å². The quantitative estimate of drug-likeness (QED) is 0.0347. The molecule has 2 aromatic rings. The normalized spacial score (nSPS) is 13.7. The van der Waals surface area contributed by atoms with Gasteiger partial charge in [-0.25, -0.2) is 0 Å². The van der Waals surface area contributed by atoms with Gasteiger partial charge in [0.05, 0.1) is 12.8 Å². The van der Waals surface area contributed by atoms with Crippen molar-refractivity contribution in [2.24, 2.45) is 29.4 Å². The third-order valence-electron chi connectivity index (χ3n) is 12.2. The highest BCUT2D eigenvalue weighted by Gasteiger charge is 2.38. The van der Waals surface area contributed by atoms with Crippen molar-refractivity contribution in [2.75, 3.05) is 20.2 Å². The van der Waals surface area contributed by atoms with Crippen LogP contribution in [0.5, 0.6) is 5.75 Å². The summed E-state index contributed by atoms with van der Waals surface area (Å²) in [6.07, 6.45) is 1.94. The Morgan fingerprint density at radius 1 is 0.628 bits per heavy atom. The molecule has 11 N–H and O–H groups in total. The fourth-order valence-corrected chi connectivity index (χ4v) is 7.80. The van der Waals surface area contributed by atoms with Gasteiger partial charge in [-0.05, 0) is 125 Å². The third-order valence-corrected chi connectivity index (χ3v) is 12.2. The molecule has 0 spiro atoms. The molecule has 0 unspecified atom stereocenters. The van der Waals surface area contributed by atoms with Crippen LogP contribution < -0.4 is 58.3 Å². The Bertz CT molecular complexity index is 2390. The number of benzene rings is 1. The van der Waals surface area contributed by atoms with Crippen molar-refractivity contribution in [2.45, 2.75) is 176 Å². The number of carbonyl (C=O) groups is 10. The predicted molar refractivity (Wildman–Crippen MR) is 291 cm³/mol. The lowest BCUT2D eigenvalue weighted by Crippen LogP contribution is -2.64. The van der Waals surface area contributed by atoms with Crippen LogP contribution in [0, 0.1) is 23.7 Å². The first-order chi connectivity index (χ1) is 36.5. The fourth-order valence-electron chi connectivity index (χ4n) is 7.80. The molecule has 25 heteroatoms. The van der Waals surface area contributed by atoms with Gasteiger partial charge in [0.25, 0.3) is 11.7 Å². The van der Waals surface area contributed by atoms with Gasteiger partial charge in [-0.15, -0.1) is 15.0 Å². The number of carbonyl (C=O) groups excluding carboxylic acids is 10. The lowest BCUT2D eigenvalue weighted by molar-refractivity contribution is -0.138. The number of hydrogen-bond donors (Lipinski definition) is 10. The minimum absolute atomic E-state index is 0.0257. The number of nitrogens with zero attached hydrogens (tertiary/aromatic N) is 4. The second kappa shape index (κ2) is 32.3. The maximum Gasteiger partial charge on any atom is 0.292 e. The molecule has 0 radical (unpaired) electrons. The van der Waals surface area contributed by atoms with E-state index >= 15 is 0 Å². The Labute approximate surface area is 458 Å². The highest BCUT2D eigenvalue weighted by atomic mass is 16.5. The van der Waals surface area contributed by atoms with E-state index in [2.05, 4.69) is 69.8 Å². The number of aromatic nitrogens is 4. The van der Waals surface area contributed by atoms with E-state index < -0.39 is 101 Å². The van der Waals surface area contributed by atoms with Crippen molar-refractivity contribution in [1.29, 1.82) is 0 Å². The van der Waals surface area contributed by atoms with Crippen LogP contribution in [0.3, 0.4) is 0 Å². The van der Waals surface area contributed by atoms with E-state index in [1.165, 1.54) is 32.7 Å². The zero-order chi connectivity index (χ0) is 59.0. The van der Waals surface area contributed by atoms with Crippen LogP contribution in [0.4, 0.5) is 0 Å². The fraction of sp³-hybridized carbons (Fsp3) is 0.642. The Hall–Kier alpha value is -7.47. The minimum atomic E-state index is -1.69. The number of methoxy groups -OCH3 is 1. The molecule has 0 bridgehead atoms. The number of hydrogen-bond acceptors (Lipinski definition) is 14. The molecule has 0 aliphatic heterocycles. The second-order valence-electron chi connectivity index (χ2n) is 21.5. The van der Waals surface area contributed by atoms with Crippen LogP contribution in [0.2, 0.25) is 0 Å². The number of amides is 10. The van der Waals surface area contributed by atoms with E-state index in [1.54, 1.807) is 58.9 Å². The van der Waals surface area contributed by atoms with E-state index in [1.807, 2.05) is 27.7 Å². The van der Waals surface area contributed by atoms with E-state index in [4.69, 9.17) is 10.5 Å². The van der Waals surface area contributed by atoms with Gasteiger partial charge in [-0.1, -0.05) is 62.0 Å². The summed E-state index contributed by atoms with van der Waals surface area (Å²) in [7, 11) is 1.53. The van der Waals surface area contributed by atoms with Gasteiger partial charge in [0.1, 0.15) is 47.5 Å². The van der Waals surface area contributed by atoms with E-state index in [0.29, 0.717) is 42.7 Å². The minimum Gasteiger partial charge on any atom is -0.497 e. The van der Waals surface area contributed by atoms with Crippen molar-refractivity contribution in [1.82, 2.24) is 68.1 Å². The van der Waals surface area contributed by atoms with Crippen molar-refractivity contribution in [3.63, 3.8) is 0 Å². The Morgan fingerprint density at radius 3 is 1.56 bits per heavy atom. The van der Waals surface area contributed by atoms with Crippen LogP contribution in [-0.4, -0.2) is 141 Å². The van der Waals surface area contributed by atoms with Gasteiger partial charge in [0, 0.05) is 25.6 Å². The van der Waals surface area contributed by atoms with Gasteiger partial charge in [0.15, 0.2) is 0 Å². The van der Waals surface area contributed by atoms with Gasteiger partial charge < -0.3 is 58.3 Å². The third kappa shape index (κ3) is 23.0. The molecular weight excluding hydrogens is 1010 g/mol. The largest absolute Gasteiger partial charge is 0.497 e. The van der Waals surface area contributed by atoms with Gasteiger partial charge >= 0.3 is 0 Å². The van der Waals surface area contributed by atoms with Gasteiger partial charge in [-0.3, -0.25) is 47.9 Å². The van der Waals surface area contributed by atoms with Gasteiger partial charge in [-0.2, -0.15) is 0 Å². The monoisotopic (exact) mass is 1090 g/mol. The molecule has 2 rings (SSSR count). The van der Waals surface area contributed by atoms with Crippen LogP contribution >= 0.6 is 0 Å². The number of primary amides is 1. The molecule has 0 saturated heterocycles. The SMILES string of the molecule is C=C(C)C(=O)NCCCC[C@H](NC(=O)[C@@H](NC(C)=O)C(C)C)C(=O)N[C@@H](CC(C)C)C(=O)NC(C)(C)C(=O)N[C@H](C(=O)N[C@@H](CCCCNC(=O)c1nnn(-c2ccc(OC)cc2)n1)C(=O)N[C@@H](CC(C)C)C(N)=O)C(C)C. The maximum absolute atomic E-state index is 14.2. The molecule has 0 saturated carbocycles. The summed E-state index contributed by atoms with van der Waals surface area (Å²) < 4.78 is 5.17. The zero-order valence-electron chi connectivity index (χ0n) is 47.7. The summed E-state index contributed by atoms with van der Waals surface area (Å²) in [6.45, 7) is 23.9. The average Bonchev–Trinajstić information content (AvgIpc) is 3.85. The Kier molecular flexibility index (Phi) is 27.6. The van der Waals surface area contributed by atoms with Crippen LogP contribution in [0.25, 0.3) is 5.69 Å². The van der Waals surface area contributed by atoms with Crippen LogP contribution in [0.15, 0.2) is 36.4 Å². The summed E-state index contributed by atoms with van der Waals surface area (Å²) in [5, 5.41) is 36.3. The van der Waals surface area contributed by atoms with Crippen molar-refractivity contribution in [3.8, 4) is 11.4 Å². The zero-order valence-corrected chi connectivity index (χ0v) is 47.7. The molecule has 434 valence electrons. The molecule has 10 amide bonds. The molecule has 78 heavy (non-hydrogen) atoms. The number of unbranched alkanes of at least 4 members (excludes halogenated alkanes) is 2. The molecule has 0 aliphatic carbocycles. The molecule has 6 atom stereocenters. The Morgan fingerprint density at radius 2 is 1.10 bits per heavy atom. The molecule has 1 heterocycles. The van der Waals surface area contributed by atoms with Crippen molar-refractivity contribution >= 4 is 59.1 Å². The molecule has 25 nitrogen and oxygen atoms in total. The predicted octanol–water partition coefficient (Wildman–Crippen LogP) is 1.15. The lowest BCUT2D eigenvalue weighted by Gasteiger charge is -2.32. The Balaban J connectivity index is 2.27. The summed E-state index contributed by atoms with van der Waals surface area (Å²) >= 11 is 0. The molecule has 0 aliphatic rings. The van der Waals surface area contributed by atoms with Crippen LogP contribution in [-0.2, 0) is 43.2 Å². The highest BCUT2D eigenvalue weighted by Crippen LogP contribution is 2.16. The summed E-state index contributed by atoms with van der Waals surface area (Å²) in [5.74, 6) is -7.01. The number of nitrogens with one attached hydrogen (secondary N) is 9. The second-order valence-corrected chi connectivity index (χ2v) is 21.5. The first kappa shape index (κ1) is 66.6. The van der Waals surface area contributed by atoms with E-state index in [-0.39, 0.29) is 68.3 Å². The highest BCUT2D eigenvalue weighted by molar-refractivity contribution is 5.99. The lowest BCUT2D eigenvalue weighted by atomic mass is 9.97. The van der Waals surface area contributed by atoms with Crippen molar-refractivity contribution in [3.05, 3.63) is 42.2 Å². The van der Waals surface area contributed by atoms with Crippen LogP contribution in [0.1, 0.15) is 145 Å². The molecular formula is C53H86N14O11.